The Labute approximate surface area is 307 Å². The van der Waals surface area contributed by atoms with Gasteiger partial charge in [-0.2, -0.15) is 0 Å². The standard InChI is InChI=1S/C32H51N9O11S/c1-41(2)26-10-5-8-20-19(26)7-6-11-27(20)53(51,52)36-14-13-35-29(47)22(9-3-4-12-33)37-30(48)24(17-44)39-32(50)25(18-45)40-31(49)23(16-43)38-28(46)21(34)15-42/h5-8,10-11,21-25,36,42-45H,3-4,9,12-18,33-34H2,1-2H3,(H,35,47)(H,37,48)(H,38,46)(H,39,50)(H,40,49)/t21-,22-,23-,24-,25-/m0/s1. The molecule has 0 fully saturated rings. The van der Waals surface area contributed by atoms with Gasteiger partial charge in [-0.1, -0.05) is 24.3 Å². The van der Waals surface area contributed by atoms with E-state index in [0.29, 0.717) is 24.8 Å². The Morgan fingerprint density at radius 1 is 0.679 bits per heavy atom. The van der Waals surface area contributed by atoms with Crippen LogP contribution in [0.15, 0.2) is 41.3 Å². The van der Waals surface area contributed by atoms with Crippen molar-refractivity contribution in [3.05, 3.63) is 36.4 Å². The van der Waals surface area contributed by atoms with E-state index in [1.807, 2.05) is 31.1 Å². The molecule has 14 N–H and O–H groups in total. The molecule has 5 amide bonds. The number of anilines is 1. The molecule has 0 saturated carbocycles. The van der Waals surface area contributed by atoms with E-state index in [9.17, 15) is 47.7 Å². The number of aliphatic hydroxyl groups is 4. The van der Waals surface area contributed by atoms with E-state index in [1.165, 1.54) is 6.07 Å². The molecule has 0 aliphatic rings. The molecule has 296 valence electrons. The van der Waals surface area contributed by atoms with Gasteiger partial charge in [0.05, 0.1) is 31.3 Å². The SMILES string of the molecule is CN(C)c1cccc2c(S(=O)(=O)NCCNC(=O)[C@H](CCCCN)NC(=O)[C@H](CO)NC(=O)[C@H](CO)NC(=O)[C@H](CO)NC(=O)[C@@H](N)CO)cccc12. The van der Waals surface area contributed by atoms with Gasteiger partial charge in [0.25, 0.3) is 0 Å². The quantitative estimate of drug-likeness (QED) is 0.0470. The fourth-order valence-corrected chi connectivity index (χ4v) is 6.23. The molecule has 20 nitrogen and oxygen atoms in total. The summed E-state index contributed by atoms with van der Waals surface area (Å²) in [5.74, 6) is -4.90. The minimum absolute atomic E-state index is 0.0554. The predicted molar refractivity (Wildman–Crippen MR) is 193 cm³/mol. The minimum atomic E-state index is -4.00. The van der Waals surface area contributed by atoms with Gasteiger partial charge in [0.15, 0.2) is 0 Å². The summed E-state index contributed by atoms with van der Waals surface area (Å²) in [5, 5.41) is 50.7. The summed E-state index contributed by atoms with van der Waals surface area (Å²) in [4.78, 5) is 65.5. The average Bonchev–Trinajstić information content (AvgIpc) is 3.14. The number of nitrogens with zero attached hydrogens (tertiary/aromatic N) is 1. The van der Waals surface area contributed by atoms with Crippen LogP contribution in [0, 0.1) is 0 Å². The molecule has 0 aliphatic heterocycles. The second-order valence-electron chi connectivity index (χ2n) is 12.1. The number of nitrogens with two attached hydrogens (primary N) is 2. The molecular formula is C32H51N9O11S. The number of sulfonamides is 1. The highest BCUT2D eigenvalue weighted by Crippen LogP contribution is 2.30. The fraction of sp³-hybridized carbons (Fsp3) is 0.531. The lowest BCUT2D eigenvalue weighted by Crippen LogP contribution is -2.61. The van der Waals surface area contributed by atoms with Crippen molar-refractivity contribution < 1.29 is 52.8 Å². The zero-order valence-corrected chi connectivity index (χ0v) is 30.4. The Balaban J connectivity index is 2.05. The molecule has 2 aromatic carbocycles. The van der Waals surface area contributed by atoms with Crippen molar-refractivity contribution in [2.75, 3.05) is 65.1 Å². The maximum absolute atomic E-state index is 13.2. The Morgan fingerprint density at radius 2 is 1.19 bits per heavy atom. The number of carbonyl (C=O) groups excluding carboxylic acids is 5. The minimum Gasteiger partial charge on any atom is -0.394 e. The molecule has 0 saturated heterocycles. The molecule has 0 unspecified atom stereocenters. The van der Waals surface area contributed by atoms with Crippen molar-refractivity contribution in [2.24, 2.45) is 11.5 Å². The van der Waals surface area contributed by atoms with Crippen LogP contribution in [0.1, 0.15) is 19.3 Å². The van der Waals surface area contributed by atoms with E-state index < -0.39 is 96.2 Å². The first kappa shape index (κ1) is 44.7. The van der Waals surface area contributed by atoms with Crippen molar-refractivity contribution in [3.63, 3.8) is 0 Å². The van der Waals surface area contributed by atoms with Gasteiger partial charge in [-0.05, 0) is 37.9 Å². The van der Waals surface area contributed by atoms with E-state index in [2.05, 4.69) is 31.3 Å². The van der Waals surface area contributed by atoms with Crippen molar-refractivity contribution in [2.45, 2.75) is 54.4 Å². The fourth-order valence-electron chi connectivity index (χ4n) is 4.98. The maximum atomic E-state index is 13.2. The van der Waals surface area contributed by atoms with Crippen molar-refractivity contribution in [1.29, 1.82) is 0 Å². The Hall–Kier alpha value is -4.48. The monoisotopic (exact) mass is 769 g/mol. The first-order valence-corrected chi connectivity index (χ1v) is 18.2. The molecule has 0 aliphatic carbocycles. The summed E-state index contributed by atoms with van der Waals surface area (Å²) < 4.78 is 28.9. The summed E-state index contributed by atoms with van der Waals surface area (Å²) in [5.41, 5.74) is 11.8. The number of carbonyl (C=O) groups is 5. The van der Waals surface area contributed by atoms with E-state index >= 15 is 0 Å². The van der Waals surface area contributed by atoms with Crippen LogP contribution in [0.3, 0.4) is 0 Å². The van der Waals surface area contributed by atoms with Gasteiger partial charge in [-0.25, -0.2) is 13.1 Å². The molecular weight excluding hydrogens is 718 g/mol. The number of hydrogen-bond donors (Lipinski definition) is 12. The molecule has 53 heavy (non-hydrogen) atoms. The topological polar surface area (TPSA) is 328 Å². The molecule has 2 rings (SSSR count). The van der Waals surface area contributed by atoms with Crippen LogP contribution in [-0.4, -0.2) is 149 Å². The Morgan fingerprint density at radius 3 is 1.70 bits per heavy atom. The van der Waals surface area contributed by atoms with Crippen LogP contribution >= 0.6 is 0 Å². The average molecular weight is 770 g/mol. The van der Waals surface area contributed by atoms with Crippen LogP contribution < -0.4 is 47.7 Å². The third-order valence-corrected chi connectivity index (χ3v) is 9.43. The number of unbranched alkanes of at least 4 members (excludes halogenated alkanes) is 1. The van der Waals surface area contributed by atoms with Gasteiger partial charge >= 0.3 is 0 Å². The van der Waals surface area contributed by atoms with Gasteiger partial charge in [0.2, 0.25) is 39.6 Å². The smallest absolute Gasteiger partial charge is 0.245 e. The number of rotatable bonds is 23. The Kier molecular flexibility index (Phi) is 18.5. The van der Waals surface area contributed by atoms with Crippen molar-refractivity contribution in [3.8, 4) is 0 Å². The lowest BCUT2D eigenvalue weighted by Gasteiger charge is -2.25. The van der Waals surface area contributed by atoms with Crippen LogP contribution in [0.4, 0.5) is 5.69 Å². The first-order valence-electron chi connectivity index (χ1n) is 16.7. The summed E-state index contributed by atoms with van der Waals surface area (Å²) in [6.45, 7) is -3.69. The molecule has 0 radical (unpaired) electrons. The molecule has 0 aromatic heterocycles. The van der Waals surface area contributed by atoms with E-state index in [-0.39, 0.29) is 24.4 Å². The molecule has 21 heteroatoms. The molecule has 0 heterocycles. The zero-order valence-electron chi connectivity index (χ0n) is 29.6. The van der Waals surface area contributed by atoms with Gasteiger partial charge in [-0.3, -0.25) is 24.0 Å². The second-order valence-corrected chi connectivity index (χ2v) is 13.8. The van der Waals surface area contributed by atoms with Gasteiger partial charge < -0.3 is 63.4 Å². The van der Waals surface area contributed by atoms with Crippen LogP contribution in [0.5, 0.6) is 0 Å². The number of fused-ring (bicyclic) bond motifs is 1. The summed E-state index contributed by atoms with van der Waals surface area (Å²) in [7, 11) is -0.314. The van der Waals surface area contributed by atoms with Gasteiger partial charge in [0.1, 0.15) is 30.2 Å². The van der Waals surface area contributed by atoms with Crippen molar-refractivity contribution in [1.82, 2.24) is 31.3 Å². The summed E-state index contributed by atoms with van der Waals surface area (Å²) >= 11 is 0. The van der Waals surface area contributed by atoms with Crippen molar-refractivity contribution >= 4 is 56.0 Å². The summed E-state index contributed by atoms with van der Waals surface area (Å²) in [6.07, 6.45) is 0.998. The van der Waals surface area contributed by atoms with E-state index in [4.69, 9.17) is 16.6 Å². The number of hydrogen-bond acceptors (Lipinski definition) is 14. The predicted octanol–water partition coefficient (Wildman–Crippen LogP) is -5.34. The molecule has 0 bridgehead atoms. The highest BCUT2D eigenvalue weighted by molar-refractivity contribution is 7.89. The Bertz CT molecular complexity index is 1660. The number of aliphatic hydroxyl groups excluding tert-OH is 4. The lowest BCUT2D eigenvalue weighted by molar-refractivity contribution is -0.136. The third-order valence-electron chi connectivity index (χ3n) is 7.91. The second kappa shape index (κ2) is 21.9. The van der Waals surface area contributed by atoms with Gasteiger partial charge in [-0.15, -0.1) is 0 Å². The van der Waals surface area contributed by atoms with E-state index in [0.717, 1.165) is 11.1 Å². The lowest BCUT2D eigenvalue weighted by atomic mass is 10.1. The third kappa shape index (κ3) is 13.2. The zero-order chi connectivity index (χ0) is 39.7. The van der Waals surface area contributed by atoms with Gasteiger partial charge in [0, 0.05) is 43.6 Å². The molecule has 5 atom stereocenters. The highest BCUT2D eigenvalue weighted by Gasteiger charge is 2.31. The number of benzene rings is 2. The molecule has 0 spiro atoms. The maximum Gasteiger partial charge on any atom is 0.245 e. The summed E-state index contributed by atoms with van der Waals surface area (Å²) in [6, 6.07) is 2.67. The number of nitrogens with one attached hydrogen (secondary N) is 6. The van der Waals surface area contributed by atoms with Crippen LogP contribution in [-0.2, 0) is 34.0 Å². The highest BCUT2D eigenvalue weighted by atomic mass is 32.2. The normalized spacial score (nSPS) is 14.3. The largest absolute Gasteiger partial charge is 0.394 e. The number of amides is 5. The molecule has 2 aromatic rings. The van der Waals surface area contributed by atoms with Crippen LogP contribution in [0.25, 0.3) is 10.8 Å². The van der Waals surface area contributed by atoms with Crippen LogP contribution in [0.2, 0.25) is 0 Å². The first-order chi connectivity index (χ1) is 25.1. The van der Waals surface area contributed by atoms with E-state index in [1.54, 1.807) is 18.2 Å².